The van der Waals surface area contributed by atoms with E-state index in [9.17, 15) is 4.79 Å². The summed E-state index contributed by atoms with van der Waals surface area (Å²) in [7, 11) is 1.69. The van der Waals surface area contributed by atoms with Gasteiger partial charge in [0.25, 0.3) is 0 Å². The number of carbonyl (C=O) groups is 1. The van der Waals surface area contributed by atoms with Crippen LogP contribution in [-0.4, -0.2) is 31.3 Å². The Morgan fingerprint density at radius 3 is 2.75 bits per heavy atom. The maximum atomic E-state index is 10.6. The zero-order chi connectivity index (χ0) is 12.1. The fraction of sp³-hybridized carbons (Fsp3) is 0.364. The molecule has 3 N–H and O–H groups in total. The molecule has 16 heavy (non-hydrogen) atoms. The standard InChI is InChI=1S/C11H16N2O3/c1-3-16-10-5-8(12)4-9(6-10)13(2)7-11(14)15/h4-6H,3,7,12H2,1-2H3,(H,14,15). The number of likely N-dealkylation sites (N-methyl/N-ethyl adjacent to an activating group) is 1. The van der Waals surface area contributed by atoms with Crippen molar-refractivity contribution in [1.29, 1.82) is 0 Å². The highest BCUT2D eigenvalue weighted by molar-refractivity contribution is 5.74. The lowest BCUT2D eigenvalue weighted by Crippen LogP contribution is -2.25. The summed E-state index contributed by atoms with van der Waals surface area (Å²) in [6.07, 6.45) is 0. The number of benzene rings is 1. The van der Waals surface area contributed by atoms with E-state index in [1.54, 1.807) is 30.1 Å². The van der Waals surface area contributed by atoms with Gasteiger partial charge >= 0.3 is 5.97 Å². The highest BCUT2D eigenvalue weighted by atomic mass is 16.5. The minimum Gasteiger partial charge on any atom is -0.494 e. The molecule has 0 bridgehead atoms. The number of carboxylic acids is 1. The first kappa shape index (κ1) is 12.2. The van der Waals surface area contributed by atoms with E-state index in [1.165, 1.54) is 0 Å². The summed E-state index contributed by atoms with van der Waals surface area (Å²) in [5, 5.41) is 8.68. The van der Waals surface area contributed by atoms with Crippen LogP contribution in [0.1, 0.15) is 6.92 Å². The topological polar surface area (TPSA) is 75.8 Å². The van der Waals surface area contributed by atoms with Crippen molar-refractivity contribution in [1.82, 2.24) is 0 Å². The van der Waals surface area contributed by atoms with Crippen LogP contribution in [0, 0.1) is 0 Å². The maximum absolute atomic E-state index is 10.6. The van der Waals surface area contributed by atoms with Crippen LogP contribution >= 0.6 is 0 Å². The largest absolute Gasteiger partial charge is 0.494 e. The molecular formula is C11H16N2O3. The molecule has 0 atom stereocenters. The number of anilines is 2. The van der Waals surface area contributed by atoms with E-state index in [-0.39, 0.29) is 6.54 Å². The lowest BCUT2D eigenvalue weighted by molar-refractivity contribution is -0.135. The molecule has 0 amide bonds. The van der Waals surface area contributed by atoms with Crippen molar-refractivity contribution in [2.45, 2.75) is 6.92 Å². The lowest BCUT2D eigenvalue weighted by atomic mass is 10.2. The molecule has 1 rings (SSSR count). The average molecular weight is 224 g/mol. The first-order valence-corrected chi connectivity index (χ1v) is 4.99. The van der Waals surface area contributed by atoms with Gasteiger partial charge in [0.05, 0.1) is 6.61 Å². The van der Waals surface area contributed by atoms with Crippen LogP contribution in [-0.2, 0) is 4.79 Å². The second-order valence-corrected chi connectivity index (χ2v) is 3.44. The minimum atomic E-state index is -0.886. The van der Waals surface area contributed by atoms with E-state index >= 15 is 0 Å². The highest BCUT2D eigenvalue weighted by Crippen LogP contribution is 2.24. The molecule has 0 unspecified atom stereocenters. The molecule has 0 aliphatic rings. The molecule has 5 heteroatoms. The van der Waals surface area contributed by atoms with Crippen molar-refractivity contribution in [2.75, 3.05) is 30.8 Å². The highest BCUT2D eigenvalue weighted by Gasteiger charge is 2.07. The minimum absolute atomic E-state index is 0.0744. The molecule has 0 radical (unpaired) electrons. The van der Waals surface area contributed by atoms with Gasteiger partial charge in [0.2, 0.25) is 0 Å². The van der Waals surface area contributed by atoms with E-state index in [0.717, 1.165) is 5.69 Å². The van der Waals surface area contributed by atoms with Crippen LogP contribution in [0.15, 0.2) is 18.2 Å². The van der Waals surface area contributed by atoms with Crippen molar-refractivity contribution < 1.29 is 14.6 Å². The number of ether oxygens (including phenoxy) is 1. The fourth-order valence-corrected chi connectivity index (χ4v) is 1.37. The van der Waals surface area contributed by atoms with Crippen molar-refractivity contribution in [3.63, 3.8) is 0 Å². The first-order chi connectivity index (χ1) is 7.52. The summed E-state index contributed by atoms with van der Waals surface area (Å²) in [4.78, 5) is 12.2. The maximum Gasteiger partial charge on any atom is 0.323 e. The Balaban J connectivity index is 2.90. The summed E-state index contributed by atoms with van der Waals surface area (Å²) in [5.41, 5.74) is 6.99. The molecule has 0 heterocycles. The van der Waals surface area contributed by atoms with E-state index in [2.05, 4.69) is 0 Å². The smallest absolute Gasteiger partial charge is 0.323 e. The van der Waals surface area contributed by atoms with Gasteiger partial charge in [0.1, 0.15) is 12.3 Å². The summed E-state index contributed by atoms with van der Waals surface area (Å²) in [6, 6.07) is 5.19. The Labute approximate surface area is 94.4 Å². The second kappa shape index (κ2) is 5.25. The third kappa shape index (κ3) is 3.34. The van der Waals surface area contributed by atoms with Crippen molar-refractivity contribution in [3.05, 3.63) is 18.2 Å². The van der Waals surface area contributed by atoms with Gasteiger partial charge in [0, 0.05) is 30.6 Å². The van der Waals surface area contributed by atoms with Gasteiger partial charge in [-0.15, -0.1) is 0 Å². The Kier molecular flexibility index (Phi) is 3.99. The summed E-state index contributed by atoms with van der Waals surface area (Å²) in [5.74, 6) is -0.238. The summed E-state index contributed by atoms with van der Waals surface area (Å²) >= 11 is 0. The van der Waals surface area contributed by atoms with Crippen LogP contribution < -0.4 is 15.4 Å². The molecule has 0 saturated carbocycles. The van der Waals surface area contributed by atoms with Crippen LogP contribution in [0.3, 0.4) is 0 Å². The number of aliphatic carboxylic acids is 1. The number of nitrogens with zero attached hydrogens (tertiary/aromatic N) is 1. The van der Waals surface area contributed by atoms with Crippen LogP contribution in [0.4, 0.5) is 11.4 Å². The number of rotatable bonds is 5. The molecular weight excluding hydrogens is 208 g/mol. The Morgan fingerprint density at radius 1 is 1.50 bits per heavy atom. The predicted molar refractivity (Wildman–Crippen MR) is 62.9 cm³/mol. The summed E-state index contributed by atoms with van der Waals surface area (Å²) < 4.78 is 5.33. The zero-order valence-electron chi connectivity index (χ0n) is 9.43. The first-order valence-electron chi connectivity index (χ1n) is 4.99. The Hall–Kier alpha value is -1.91. The van der Waals surface area contributed by atoms with Crippen molar-refractivity contribution in [2.24, 2.45) is 0 Å². The number of nitrogens with two attached hydrogens (primary N) is 1. The van der Waals surface area contributed by atoms with Gasteiger partial charge in [-0.05, 0) is 13.0 Å². The average Bonchev–Trinajstić information content (AvgIpc) is 2.16. The van der Waals surface area contributed by atoms with Gasteiger partial charge in [-0.3, -0.25) is 4.79 Å². The molecule has 0 aromatic heterocycles. The number of carboxylic acid groups (broad SMARTS) is 1. The lowest BCUT2D eigenvalue weighted by Gasteiger charge is -2.18. The normalized spacial score (nSPS) is 9.88. The van der Waals surface area contributed by atoms with E-state index < -0.39 is 5.97 Å². The number of hydrogen-bond acceptors (Lipinski definition) is 4. The molecule has 0 aliphatic heterocycles. The van der Waals surface area contributed by atoms with Gasteiger partial charge in [-0.25, -0.2) is 0 Å². The van der Waals surface area contributed by atoms with Gasteiger partial charge < -0.3 is 20.5 Å². The third-order valence-electron chi connectivity index (χ3n) is 2.04. The SMILES string of the molecule is CCOc1cc(N)cc(N(C)CC(=O)O)c1. The Morgan fingerprint density at radius 2 is 2.19 bits per heavy atom. The van der Waals surface area contributed by atoms with Crippen LogP contribution in [0.2, 0.25) is 0 Å². The number of nitrogen functional groups attached to an aromatic ring is 1. The molecule has 0 aliphatic carbocycles. The van der Waals surface area contributed by atoms with E-state index in [4.69, 9.17) is 15.6 Å². The predicted octanol–water partition coefficient (Wildman–Crippen LogP) is 1.19. The zero-order valence-corrected chi connectivity index (χ0v) is 9.43. The van der Waals surface area contributed by atoms with Crippen LogP contribution in [0.25, 0.3) is 0 Å². The Bertz CT molecular complexity index is 379. The molecule has 0 spiro atoms. The van der Waals surface area contributed by atoms with E-state index in [0.29, 0.717) is 18.0 Å². The van der Waals surface area contributed by atoms with Crippen LogP contribution in [0.5, 0.6) is 5.75 Å². The number of hydrogen-bond donors (Lipinski definition) is 2. The van der Waals surface area contributed by atoms with Crippen molar-refractivity contribution >= 4 is 17.3 Å². The third-order valence-corrected chi connectivity index (χ3v) is 2.04. The molecule has 1 aromatic rings. The van der Waals surface area contributed by atoms with Gasteiger partial charge in [-0.1, -0.05) is 0 Å². The van der Waals surface area contributed by atoms with E-state index in [1.807, 2.05) is 6.92 Å². The molecule has 0 saturated heterocycles. The monoisotopic (exact) mass is 224 g/mol. The second-order valence-electron chi connectivity index (χ2n) is 3.44. The van der Waals surface area contributed by atoms with Gasteiger partial charge in [0.15, 0.2) is 0 Å². The summed E-state index contributed by atoms with van der Waals surface area (Å²) in [6.45, 7) is 2.35. The molecule has 1 aromatic carbocycles. The molecule has 88 valence electrons. The van der Waals surface area contributed by atoms with Crippen molar-refractivity contribution in [3.8, 4) is 5.75 Å². The molecule has 0 fully saturated rings. The quantitative estimate of drug-likeness (QED) is 0.735. The fourth-order valence-electron chi connectivity index (χ4n) is 1.37. The molecule has 5 nitrogen and oxygen atoms in total. The van der Waals surface area contributed by atoms with Gasteiger partial charge in [-0.2, -0.15) is 0 Å².